The van der Waals surface area contributed by atoms with Crippen LogP contribution in [0.5, 0.6) is 0 Å². The number of esters is 1. The molecule has 2 rings (SSSR count). The van der Waals surface area contributed by atoms with Crippen LogP contribution in [0.25, 0.3) is 0 Å². The van der Waals surface area contributed by atoms with Gasteiger partial charge in [-0.25, -0.2) is 9.59 Å². The predicted molar refractivity (Wildman–Crippen MR) is 90.4 cm³/mol. The van der Waals surface area contributed by atoms with Crippen LogP contribution < -0.4 is 5.32 Å². The molecule has 0 spiro atoms. The first-order chi connectivity index (χ1) is 11.6. The quantitative estimate of drug-likeness (QED) is 0.777. The second-order valence-electron chi connectivity index (χ2n) is 5.66. The number of rotatable bonds is 7. The maximum atomic E-state index is 12.4. The van der Waals surface area contributed by atoms with Crippen molar-refractivity contribution >= 4 is 12.0 Å². The molecule has 0 aromatic heterocycles. The first-order valence-corrected chi connectivity index (χ1v) is 7.98. The van der Waals surface area contributed by atoms with Gasteiger partial charge in [0.15, 0.2) is 0 Å². The molecular formula is C18H24N2O4. The zero-order valence-corrected chi connectivity index (χ0v) is 14.4. The first-order valence-electron chi connectivity index (χ1n) is 7.98. The summed E-state index contributed by atoms with van der Waals surface area (Å²) in [4.78, 5) is 26.1. The second-order valence-corrected chi connectivity index (χ2v) is 5.66. The highest BCUT2D eigenvalue weighted by Gasteiger charge is 2.34. The van der Waals surface area contributed by atoms with Gasteiger partial charge in [-0.15, -0.1) is 0 Å². The molecule has 2 amide bonds. The number of aryl methyl sites for hydroxylation is 1. The summed E-state index contributed by atoms with van der Waals surface area (Å²) < 4.78 is 9.96. The van der Waals surface area contributed by atoms with Gasteiger partial charge >= 0.3 is 12.0 Å². The van der Waals surface area contributed by atoms with Crippen LogP contribution in [0.1, 0.15) is 18.9 Å². The minimum Gasteiger partial charge on any atom is -0.466 e. The van der Waals surface area contributed by atoms with E-state index in [4.69, 9.17) is 9.47 Å². The number of methoxy groups -OCH3 is 2. The average Bonchev–Trinajstić information content (AvgIpc) is 2.60. The summed E-state index contributed by atoms with van der Waals surface area (Å²) in [5.74, 6) is -0.409. The molecule has 0 unspecified atom stereocenters. The van der Waals surface area contributed by atoms with E-state index in [2.05, 4.69) is 5.32 Å². The fourth-order valence-corrected chi connectivity index (χ4v) is 2.87. The summed E-state index contributed by atoms with van der Waals surface area (Å²) in [6, 6.07) is 9.41. The van der Waals surface area contributed by atoms with Crippen LogP contribution in [-0.4, -0.2) is 50.3 Å². The van der Waals surface area contributed by atoms with E-state index in [-0.39, 0.29) is 12.1 Å². The highest BCUT2D eigenvalue weighted by molar-refractivity contribution is 5.94. The molecule has 1 aliphatic rings. The van der Waals surface area contributed by atoms with Gasteiger partial charge in [0.05, 0.1) is 31.9 Å². The van der Waals surface area contributed by atoms with Gasteiger partial charge in [0.2, 0.25) is 0 Å². The van der Waals surface area contributed by atoms with Crippen LogP contribution in [0, 0.1) is 0 Å². The minimum atomic E-state index is -0.409. The summed E-state index contributed by atoms with van der Waals surface area (Å²) in [6.45, 7) is 2.56. The van der Waals surface area contributed by atoms with E-state index in [1.54, 1.807) is 14.0 Å². The van der Waals surface area contributed by atoms with Gasteiger partial charge in [-0.3, -0.25) is 4.90 Å². The fraction of sp³-hybridized carbons (Fsp3) is 0.444. The Morgan fingerprint density at radius 2 is 1.96 bits per heavy atom. The van der Waals surface area contributed by atoms with Crippen molar-refractivity contribution in [3.63, 3.8) is 0 Å². The van der Waals surface area contributed by atoms with Crippen LogP contribution in [0.2, 0.25) is 0 Å². The zero-order chi connectivity index (χ0) is 17.5. The van der Waals surface area contributed by atoms with Gasteiger partial charge in [0.1, 0.15) is 0 Å². The SMILES string of the molecule is COCCN1C(=O)N[C@@H](CCc2ccccc2)C(C(=O)OC)=C1C. The molecule has 0 radical (unpaired) electrons. The monoisotopic (exact) mass is 332 g/mol. The Morgan fingerprint density at radius 3 is 2.58 bits per heavy atom. The summed E-state index contributed by atoms with van der Waals surface area (Å²) in [7, 11) is 2.93. The molecule has 1 aliphatic heterocycles. The lowest BCUT2D eigenvalue weighted by Gasteiger charge is -2.35. The van der Waals surface area contributed by atoms with E-state index in [0.717, 1.165) is 12.0 Å². The van der Waals surface area contributed by atoms with Crippen molar-refractivity contribution in [2.75, 3.05) is 27.4 Å². The number of benzene rings is 1. The van der Waals surface area contributed by atoms with Crippen molar-refractivity contribution in [3.8, 4) is 0 Å². The number of nitrogens with one attached hydrogen (secondary N) is 1. The predicted octanol–water partition coefficient (Wildman–Crippen LogP) is 2.11. The Labute approximate surface area is 142 Å². The molecule has 6 nitrogen and oxygen atoms in total. The molecule has 1 N–H and O–H groups in total. The number of carbonyl (C=O) groups excluding carboxylic acids is 2. The lowest BCUT2D eigenvalue weighted by Crippen LogP contribution is -2.52. The molecule has 0 saturated heterocycles. The van der Waals surface area contributed by atoms with Crippen LogP contribution >= 0.6 is 0 Å². The zero-order valence-electron chi connectivity index (χ0n) is 14.4. The van der Waals surface area contributed by atoms with Gasteiger partial charge < -0.3 is 14.8 Å². The first kappa shape index (κ1) is 18.0. The van der Waals surface area contributed by atoms with Crippen molar-refractivity contribution in [1.82, 2.24) is 10.2 Å². The number of amides is 2. The second kappa shape index (κ2) is 8.49. The van der Waals surface area contributed by atoms with E-state index in [1.165, 1.54) is 12.0 Å². The maximum absolute atomic E-state index is 12.4. The highest BCUT2D eigenvalue weighted by atomic mass is 16.5. The van der Waals surface area contributed by atoms with Crippen LogP contribution in [0.15, 0.2) is 41.6 Å². The average molecular weight is 332 g/mol. The molecule has 1 atom stereocenters. The Hall–Kier alpha value is -2.34. The van der Waals surface area contributed by atoms with Crippen LogP contribution in [0.4, 0.5) is 4.79 Å². The van der Waals surface area contributed by atoms with Crippen molar-refractivity contribution in [1.29, 1.82) is 0 Å². The molecule has 0 saturated carbocycles. The number of carbonyl (C=O) groups is 2. The van der Waals surface area contributed by atoms with Gasteiger partial charge in [-0.1, -0.05) is 30.3 Å². The third-order valence-corrected chi connectivity index (χ3v) is 4.17. The van der Waals surface area contributed by atoms with Crippen LogP contribution in [-0.2, 0) is 20.7 Å². The highest BCUT2D eigenvalue weighted by Crippen LogP contribution is 2.23. The van der Waals surface area contributed by atoms with Gasteiger partial charge in [0, 0.05) is 12.8 Å². The summed E-state index contributed by atoms with van der Waals surface area (Å²) in [5.41, 5.74) is 2.29. The summed E-state index contributed by atoms with van der Waals surface area (Å²) >= 11 is 0. The molecule has 6 heteroatoms. The standard InChI is InChI=1S/C18H24N2O4/c1-13-16(17(21)24-3)15(10-9-14-7-5-4-6-8-14)19-18(22)20(13)11-12-23-2/h4-8,15H,9-12H2,1-3H3,(H,19,22)/t15-/m0/s1. The molecule has 24 heavy (non-hydrogen) atoms. The van der Waals surface area contributed by atoms with Crippen molar-refractivity contribution < 1.29 is 19.1 Å². The van der Waals surface area contributed by atoms with Crippen molar-refractivity contribution in [3.05, 3.63) is 47.2 Å². The summed E-state index contributed by atoms with van der Waals surface area (Å²) in [6.07, 6.45) is 1.40. The fourth-order valence-electron chi connectivity index (χ4n) is 2.87. The van der Waals surface area contributed by atoms with Gasteiger partial charge in [-0.2, -0.15) is 0 Å². The lowest BCUT2D eigenvalue weighted by molar-refractivity contribution is -0.136. The minimum absolute atomic E-state index is 0.213. The number of hydrogen-bond acceptors (Lipinski definition) is 4. The van der Waals surface area contributed by atoms with Crippen molar-refractivity contribution in [2.24, 2.45) is 0 Å². The van der Waals surface area contributed by atoms with Gasteiger partial charge in [0.25, 0.3) is 0 Å². The lowest BCUT2D eigenvalue weighted by atomic mass is 9.95. The molecule has 1 aromatic rings. The molecule has 1 aromatic carbocycles. The molecular weight excluding hydrogens is 308 g/mol. The Morgan fingerprint density at radius 1 is 1.25 bits per heavy atom. The number of urea groups is 1. The summed E-state index contributed by atoms with van der Waals surface area (Å²) in [5, 5.41) is 2.91. The Balaban J connectivity index is 2.21. The van der Waals surface area contributed by atoms with E-state index in [1.807, 2.05) is 30.3 Å². The molecule has 1 heterocycles. The number of ether oxygens (including phenoxy) is 2. The third kappa shape index (κ3) is 4.14. The molecule has 130 valence electrons. The van der Waals surface area contributed by atoms with Crippen molar-refractivity contribution in [2.45, 2.75) is 25.8 Å². The van der Waals surface area contributed by atoms with E-state index < -0.39 is 5.97 Å². The smallest absolute Gasteiger partial charge is 0.337 e. The third-order valence-electron chi connectivity index (χ3n) is 4.17. The molecule has 0 fully saturated rings. The number of hydrogen-bond donors (Lipinski definition) is 1. The normalized spacial score (nSPS) is 17.7. The molecule has 0 bridgehead atoms. The Kier molecular flexibility index (Phi) is 6.37. The Bertz CT molecular complexity index is 613. The maximum Gasteiger partial charge on any atom is 0.337 e. The number of nitrogens with zero attached hydrogens (tertiary/aromatic N) is 1. The largest absolute Gasteiger partial charge is 0.466 e. The van der Waals surface area contributed by atoms with E-state index >= 15 is 0 Å². The van der Waals surface area contributed by atoms with E-state index in [9.17, 15) is 9.59 Å². The number of allylic oxidation sites excluding steroid dienone is 1. The van der Waals surface area contributed by atoms with Crippen LogP contribution in [0.3, 0.4) is 0 Å². The van der Waals surface area contributed by atoms with E-state index in [0.29, 0.717) is 30.8 Å². The van der Waals surface area contributed by atoms with Gasteiger partial charge in [-0.05, 0) is 25.3 Å². The molecule has 0 aliphatic carbocycles. The topological polar surface area (TPSA) is 67.9 Å².